The Labute approximate surface area is 240 Å². The van der Waals surface area contributed by atoms with Gasteiger partial charge in [0.15, 0.2) is 0 Å². The monoisotopic (exact) mass is 576 g/mol. The molecule has 0 spiro atoms. The predicted molar refractivity (Wildman–Crippen MR) is 158 cm³/mol. The van der Waals surface area contributed by atoms with Gasteiger partial charge in [0.1, 0.15) is 21.1 Å². The first-order valence-electron chi connectivity index (χ1n) is 12.5. The molecular formula is C30H28N2O6S2. The first kappa shape index (κ1) is 28.7. The summed E-state index contributed by atoms with van der Waals surface area (Å²) in [5.41, 5.74) is 3.72. The largest absolute Gasteiger partial charge is 0.465 e. The lowest BCUT2D eigenvalue weighted by Crippen LogP contribution is -2.15. The van der Waals surface area contributed by atoms with Crippen molar-refractivity contribution in [3.8, 4) is 22.3 Å². The number of ether oxygens (including phenoxy) is 2. The second kappa shape index (κ2) is 13.7. The number of nitrogens with one attached hydrogen (secondary N) is 2. The van der Waals surface area contributed by atoms with Crippen molar-refractivity contribution in [3.63, 3.8) is 0 Å². The molecule has 2 heterocycles. The molecule has 2 N–H and O–H groups in total. The van der Waals surface area contributed by atoms with E-state index in [0.29, 0.717) is 45.1 Å². The van der Waals surface area contributed by atoms with Crippen LogP contribution in [0.25, 0.3) is 22.3 Å². The second-order valence-electron chi connectivity index (χ2n) is 8.73. The van der Waals surface area contributed by atoms with Gasteiger partial charge in [-0.1, -0.05) is 60.7 Å². The van der Waals surface area contributed by atoms with Gasteiger partial charge in [-0.2, -0.15) is 0 Å². The van der Waals surface area contributed by atoms with E-state index in [1.807, 2.05) is 71.4 Å². The van der Waals surface area contributed by atoms with Crippen LogP contribution < -0.4 is 10.6 Å². The van der Waals surface area contributed by atoms with Crippen molar-refractivity contribution in [2.24, 2.45) is 0 Å². The number of hydrogen-bond acceptors (Lipinski definition) is 8. The molecule has 4 aromatic rings. The van der Waals surface area contributed by atoms with Gasteiger partial charge < -0.3 is 20.1 Å². The molecule has 8 nitrogen and oxygen atoms in total. The summed E-state index contributed by atoms with van der Waals surface area (Å²) in [6.45, 7) is 0. The number of rotatable bonds is 11. The number of carbonyl (C=O) groups excluding carboxylic acids is 4. The summed E-state index contributed by atoms with van der Waals surface area (Å²) in [4.78, 5) is 50.2. The van der Waals surface area contributed by atoms with E-state index in [-0.39, 0.29) is 24.7 Å². The van der Waals surface area contributed by atoms with E-state index in [4.69, 9.17) is 9.47 Å². The van der Waals surface area contributed by atoms with Crippen LogP contribution in [-0.2, 0) is 19.1 Å². The van der Waals surface area contributed by atoms with Crippen molar-refractivity contribution in [3.05, 3.63) is 82.6 Å². The number of methoxy groups -OCH3 is 2. The van der Waals surface area contributed by atoms with Crippen LogP contribution in [0.5, 0.6) is 0 Å². The number of thiophene rings is 2. The molecule has 0 atom stereocenters. The van der Waals surface area contributed by atoms with Gasteiger partial charge in [0.05, 0.1) is 14.2 Å². The first-order valence-corrected chi connectivity index (χ1v) is 14.3. The Morgan fingerprint density at radius 1 is 0.625 bits per heavy atom. The van der Waals surface area contributed by atoms with Gasteiger partial charge in [0.2, 0.25) is 11.8 Å². The summed E-state index contributed by atoms with van der Waals surface area (Å²) < 4.78 is 9.91. The van der Waals surface area contributed by atoms with Crippen LogP contribution in [0.15, 0.2) is 71.4 Å². The molecule has 4 rings (SSSR count). The molecule has 2 amide bonds. The van der Waals surface area contributed by atoms with Gasteiger partial charge in [-0.3, -0.25) is 9.59 Å². The van der Waals surface area contributed by atoms with Gasteiger partial charge in [0.25, 0.3) is 0 Å². The molecule has 0 aliphatic carbocycles. The molecule has 2 aromatic carbocycles. The fourth-order valence-electron chi connectivity index (χ4n) is 4.12. The van der Waals surface area contributed by atoms with Crippen molar-refractivity contribution in [2.45, 2.75) is 25.7 Å². The topological polar surface area (TPSA) is 111 Å². The summed E-state index contributed by atoms with van der Waals surface area (Å²) in [6, 6.07) is 18.8. The highest BCUT2D eigenvalue weighted by Crippen LogP contribution is 2.37. The summed E-state index contributed by atoms with van der Waals surface area (Å²) >= 11 is 2.52. The third kappa shape index (κ3) is 6.83. The minimum absolute atomic E-state index is 0.178. The maximum atomic E-state index is 12.6. The minimum Gasteiger partial charge on any atom is -0.465 e. The number of hydrogen-bond donors (Lipinski definition) is 2. The van der Waals surface area contributed by atoms with Gasteiger partial charge in [-0.15, -0.1) is 22.7 Å². The van der Waals surface area contributed by atoms with Crippen LogP contribution >= 0.6 is 22.7 Å². The third-order valence-corrected chi connectivity index (χ3v) is 7.89. The summed E-state index contributed by atoms with van der Waals surface area (Å²) in [5, 5.41) is 10.1. The van der Waals surface area contributed by atoms with Crippen molar-refractivity contribution in [1.29, 1.82) is 0 Å². The van der Waals surface area contributed by atoms with Gasteiger partial charge in [0, 0.05) is 34.7 Å². The van der Waals surface area contributed by atoms with Crippen LogP contribution in [0.2, 0.25) is 0 Å². The molecular weight excluding hydrogens is 548 g/mol. The summed E-state index contributed by atoms with van der Waals surface area (Å²) in [5.74, 6) is -1.57. The molecule has 0 unspecified atom stereocenters. The number of unbranched alkanes of at least 4 members (excludes halogenated alkanes) is 1. The Bertz CT molecular complexity index is 1380. The Balaban J connectivity index is 1.32. The molecule has 2 aromatic heterocycles. The molecule has 10 heteroatoms. The predicted octanol–water partition coefficient (Wildman–Crippen LogP) is 6.85. The first-order chi connectivity index (χ1) is 19.4. The molecule has 0 bridgehead atoms. The molecule has 0 saturated carbocycles. The van der Waals surface area contributed by atoms with Crippen molar-refractivity contribution in [1.82, 2.24) is 0 Å². The van der Waals surface area contributed by atoms with E-state index < -0.39 is 11.9 Å². The number of carbonyl (C=O) groups is 4. The zero-order chi connectivity index (χ0) is 28.5. The van der Waals surface area contributed by atoms with Crippen LogP contribution in [0.3, 0.4) is 0 Å². The molecule has 206 valence electrons. The number of benzene rings is 2. The fraction of sp³-hybridized carbons (Fsp3) is 0.200. The number of anilines is 2. The zero-order valence-corrected chi connectivity index (χ0v) is 23.7. The minimum atomic E-state index is -0.526. The average molecular weight is 577 g/mol. The summed E-state index contributed by atoms with van der Waals surface area (Å²) in [6.07, 6.45) is 1.29. The van der Waals surface area contributed by atoms with E-state index in [0.717, 1.165) is 11.1 Å². The Hall–Kier alpha value is -4.28. The third-order valence-electron chi connectivity index (χ3n) is 6.09. The standard InChI is InChI=1S/C30H28N2O6S2/c1-37-29(35)25-21(19-11-5-3-6-12-19)17-39-27(25)31-23(33)15-9-10-16-24(34)32-28-26(30(36)38-2)22(18-40-28)20-13-7-4-8-14-20/h3-8,11-14,17-18H,9-10,15-16H2,1-2H3,(H,31,33)(H,32,34). The lowest BCUT2D eigenvalue weighted by atomic mass is 10.0. The average Bonchev–Trinajstić information content (AvgIpc) is 3.59. The molecule has 40 heavy (non-hydrogen) atoms. The smallest absolute Gasteiger partial charge is 0.341 e. The van der Waals surface area contributed by atoms with Crippen LogP contribution in [0.1, 0.15) is 46.4 Å². The number of esters is 2. The zero-order valence-electron chi connectivity index (χ0n) is 22.0. The number of amides is 2. The normalized spacial score (nSPS) is 10.6. The van der Waals surface area contributed by atoms with Crippen LogP contribution in [-0.4, -0.2) is 38.0 Å². The van der Waals surface area contributed by atoms with Crippen molar-refractivity contribution >= 4 is 56.4 Å². The van der Waals surface area contributed by atoms with E-state index in [1.54, 1.807) is 0 Å². The molecule has 0 radical (unpaired) electrons. The lowest BCUT2D eigenvalue weighted by Gasteiger charge is -2.09. The lowest BCUT2D eigenvalue weighted by molar-refractivity contribution is -0.118. The van der Waals surface area contributed by atoms with E-state index >= 15 is 0 Å². The molecule has 0 aliphatic heterocycles. The highest BCUT2D eigenvalue weighted by Gasteiger charge is 2.23. The van der Waals surface area contributed by atoms with E-state index in [1.165, 1.54) is 36.9 Å². The quantitative estimate of drug-likeness (QED) is 0.149. The highest BCUT2D eigenvalue weighted by molar-refractivity contribution is 7.15. The molecule has 0 aliphatic rings. The second-order valence-corrected chi connectivity index (χ2v) is 10.5. The SMILES string of the molecule is COC(=O)c1c(-c2ccccc2)csc1NC(=O)CCCCC(=O)Nc1scc(-c2ccccc2)c1C(=O)OC. The molecule has 0 saturated heterocycles. The highest BCUT2D eigenvalue weighted by atomic mass is 32.1. The maximum absolute atomic E-state index is 12.6. The van der Waals surface area contributed by atoms with Crippen LogP contribution in [0, 0.1) is 0 Å². The van der Waals surface area contributed by atoms with Gasteiger partial charge in [-0.25, -0.2) is 9.59 Å². The molecule has 0 fully saturated rings. The maximum Gasteiger partial charge on any atom is 0.341 e. The Morgan fingerprint density at radius 2 is 1.00 bits per heavy atom. The Kier molecular flexibility index (Phi) is 9.82. The van der Waals surface area contributed by atoms with Gasteiger partial charge >= 0.3 is 11.9 Å². The summed E-state index contributed by atoms with van der Waals surface area (Å²) in [7, 11) is 2.61. The van der Waals surface area contributed by atoms with E-state index in [2.05, 4.69) is 10.6 Å². The van der Waals surface area contributed by atoms with Crippen molar-refractivity contribution < 1.29 is 28.7 Å². The van der Waals surface area contributed by atoms with Gasteiger partial charge in [-0.05, 0) is 24.0 Å². The fourth-order valence-corrected chi connectivity index (χ4v) is 6.07. The van der Waals surface area contributed by atoms with E-state index in [9.17, 15) is 19.2 Å². The van der Waals surface area contributed by atoms with Crippen molar-refractivity contribution in [2.75, 3.05) is 24.9 Å². The Morgan fingerprint density at radius 3 is 1.35 bits per heavy atom. The van der Waals surface area contributed by atoms with Crippen LogP contribution in [0.4, 0.5) is 10.0 Å².